The number of rotatable bonds is 5. The largest absolute Gasteiger partial charge is 0.496 e. The molecule has 0 spiro atoms. The van der Waals surface area contributed by atoms with Crippen LogP contribution in [0.2, 0.25) is 0 Å². The molecule has 0 saturated carbocycles. The number of hydrogen-bond donors (Lipinski definition) is 2. The second-order valence-corrected chi connectivity index (χ2v) is 5.11. The molecule has 0 bridgehead atoms. The zero-order chi connectivity index (χ0) is 13.9. The van der Waals surface area contributed by atoms with Gasteiger partial charge in [-0.25, -0.2) is 0 Å². The lowest BCUT2D eigenvalue weighted by Gasteiger charge is -2.25. The normalized spacial score (nSPS) is 14.4. The SMILES string of the molecule is CNC(CC(C)N)c1c(C)cc(OC)c(C)c1C. The van der Waals surface area contributed by atoms with Crippen molar-refractivity contribution in [2.75, 3.05) is 14.2 Å². The van der Waals surface area contributed by atoms with E-state index < -0.39 is 0 Å². The maximum absolute atomic E-state index is 5.94. The summed E-state index contributed by atoms with van der Waals surface area (Å²) in [5.74, 6) is 0.962. The van der Waals surface area contributed by atoms with Gasteiger partial charge in [0.05, 0.1) is 7.11 Å². The van der Waals surface area contributed by atoms with Crippen LogP contribution in [0.15, 0.2) is 6.07 Å². The van der Waals surface area contributed by atoms with Crippen LogP contribution in [0.1, 0.15) is 41.6 Å². The van der Waals surface area contributed by atoms with E-state index in [-0.39, 0.29) is 6.04 Å². The van der Waals surface area contributed by atoms with E-state index in [4.69, 9.17) is 10.5 Å². The Bertz CT molecular complexity index is 413. The van der Waals surface area contributed by atoms with E-state index in [0.29, 0.717) is 6.04 Å². The van der Waals surface area contributed by atoms with Crippen molar-refractivity contribution in [1.82, 2.24) is 5.32 Å². The Kier molecular flexibility index (Phi) is 5.17. The summed E-state index contributed by atoms with van der Waals surface area (Å²) in [5.41, 5.74) is 11.1. The minimum atomic E-state index is 0.184. The lowest BCUT2D eigenvalue weighted by Crippen LogP contribution is -2.27. The van der Waals surface area contributed by atoms with Gasteiger partial charge in [0.1, 0.15) is 5.75 Å². The molecule has 2 atom stereocenters. The third kappa shape index (κ3) is 3.03. The second kappa shape index (κ2) is 6.21. The predicted molar refractivity (Wildman–Crippen MR) is 77.3 cm³/mol. The minimum Gasteiger partial charge on any atom is -0.496 e. The zero-order valence-corrected chi connectivity index (χ0v) is 12.4. The van der Waals surface area contributed by atoms with Crippen LogP contribution in [0, 0.1) is 20.8 Å². The highest BCUT2D eigenvalue weighted by Gasteiger charge is 2.19. The molecule has 0 aromatic heterocycles. The van der Waals surface area contributed by atoms with E-state index in [1.165, 1.54) is 22.3 Å². The van der Waals surface area contributed by atoms with Gasteiger partial charge in [-0.1, -0.05) is 0 Å². The standard InChI is InChI=1S/C15H26N2O/c1-9-7-14(18-6)11(3)12(4)15(9)13(17-5)8-10(2)16/h7,10,13,17H,8,16H2,1-6H3. The summed E-state index contributed by atoms with van der Waals surface area (Å²) in [6, 6.07) is 2.60. The molecule has 3 N–H and O–H groups in total. The van der Waals surface area contributed by atoms with E-state index in [9.17, 15) is 0 Å². The lowest BCUT2D eigenvalue weighted by atomic mass is 9.89. The Labute approximate surface area is 111 Å². The topological polar surface area (TPSA) is 47.3 Å². The average Bonchev–Trinajstić information content (AvgIpc) is 2.32. The zero-order valence-electron chi connectivity index (χ0n) is 12.4. The summed E-state index contributed by atoms with van der Waals surface area (Å²) in [6.07, 6.45) is 0.934. The highest BCUT2D eigenvalue weighted by Crippen LogP contribution is 2.32. The van der Waals surface area contributed by atoms with E-state index >= 15 is 0 Å². The summed E-state index contributed by atoms with van der Waals surface area (Å²) in [5, 5.41) is 3.38. The Morgan fingerprint density at radius 2 is 1.89 bits per heavy atom. The molecule has 0 heterocycles. The van der Waals surface area contributed by atoms with E-state index in [1.807, 2.05) is 14.0 Å². The van der Waals surface area contributed by atoms with Gasteiger partial charge in [-0.05, 0) is 69.5 Å². The Morgan fingerprint density at radius 1 is 1.28 bits per heavy atom. The van der Waals surface area contributed by atoms with Crippen LogP contribution in [-0.4, -0.2) is 20.2 Å². The van der Waals surface area contributed by atoms with Gasteiger partial charge in [0.25, 0.3) is 0 Å². The molecule has 0 amide bonds. The third-order valence-corrected chi connectivity index (χ3v) is 3.63. The molecule has 1 aromatic rings. The molecule has 0 fully saturated rings. The van der Waals surface area contributed by atoms with Crippen LogP contribution < -0.4 is 15.8 Å². The van der Waals surface area contributed by atoms with Gasteiger partial charge in [0, 0.05) is 12.1 Å². The van der Waals surface area contributed by atoms with Crippen molar-refractivity contribution in [3.63, 3.8) is 0 Å². The number of nitrogens with two attached hydrogens (primary N) is 1. The molecule has 1 rings (SSSR count). The number of hydrogen-bond acceptors (Lipinski definition) is 3. The van der Waals surface area contributed by atoms with E-state index in [0.717, 1.165) is 12.2 Å². The van der Waals surface area contributed by atoms with Crippen molar-refractivity contribution in [3.8, 4) is 5.75 Å². The maximum Gasteiger partial charge on any atom is 0.122 e. The molecule has 102 valence electrons. The Morgan fingerprint density at radius 3 is 2.33 bits per heavy atom. The average molecular weight is 250 g/mol. The Balaban J connectivity index is 3.26. The van der Waals surface area contributed by atoms with Crippen molar-refractivity contribution < 1.29 is 4.74 Å². The minimum absolute atomic E-state index is 0.184. The van der Waals surface area contributed by atoms with Gasteiger partial charge in [-0.2, -0.15) is 0 Å². The van der Waals surface area contributed by atoms with Crippen LogP contribution in [0.5, 0.6) is 5.75 Å². The fraction of sp³-hybridized carbons (Fsp3) is 0.600. The molecule has 2 unspecified atom stereocenters. The van der Waals surface area contributed by atoms with Crippen molar-refractivity contribution in [1.29, 1.82) is 0 Å². The first-order chi connectivity index (χ1) is 8.42. The predicted octanol–water partition coefficient (Wildman–Crippen LogP) is 2.62. The van der Waals surface area contributed by atoms with Crippen molar-refractivity contribution >= 4 is 0 Å². The van der Waals surface area contributed by atoms with Crippen LogP contribution >= 0.6 is 0 Å². The summed E-state index contributed by atoms with van der Waals surface area (Å²) in [7, 11) is 3.71. The summed E-state index contributed by atoms with van der Waals surface area (Å²) >= 11 is 0. The monoisotopic (exact) mass is 250 g/mol. The number of ether oxygens (including phenoxy) is 1. The summed E-state index contributed by atoms with van der Waals surface area (Å²) in [4.78, 5) is 0. The lowest BCUT2D eigenvalue weighted by molar-refractivity contribution is 0.409. The first-order valence-corrected chi connectivity index (χ1v) is 6.49. The van der Waals surface area contributed by atoms with E-state index in [2.05, 4.69) is 32.2 Å². The molecule has 3 heteroatoms. The molecule has 0 radical (unpaired) electrons. The maximum atomic E-state index is 5.94. The molecule has 0 aliphatic carbocycles. The highest BCUT2D eigenvalue weighted by atomic mass is 16.5. The van der Waals surface area contributed by atoms with Crippen LogP contribution in [0.4, 0.5) is 0 Å². The van der Waals surface area contributed by atoms with Gasteiger partial charge >= 0.3 is 0 Å². The van der Waals surface area contributed by atoms with Crippen molar-refractivity contribution in [2.45, 2.75) is 46.2 Å². The van der Waals surface area contributed by atoms with Crippen molar-refractivity contribution in [3.05, 3.63) is 28.3 Å². The number of benzene rings is 1. The molecular weight excluding hydrogens is 224 g/mol. The van der Waals surface area contributed by atoms with Crippen LogP contribution in [0.3, 0.4) is 0 Å². The number of nitrogens with one attached hydrogen (secondary N) is 1. The van der Waals surface area contributed by atoms with Crippen LogP contribution in [-0.2, 0) is 0 Å². The smallest absolute Gasteiger partial charge is 0.122 e. The molecule has 0 aliphatic rings. The second-order valence-electron chi connectivity index (χ2n) is 5.11. The number of methoxy groups -OCH3 is 1. The fourth-order valence-corrected chi connectivity index (χ4v) is 2.57. The summed E-state index contributed by atoms with van der Waals surface area (Å²) in [6.45, 7) is 8.45. The highest BCUT2D eigenvalue weighted by molar-refractivity contribution is 5.49. The molecule has 18 heavy (non-hydrogen) atoms. The van der Waals surface area contributed by atoms with E-state index in [1.54, 1.807) is 7.11 Å². The van der Waals surface area contributed by atoms with Gasteiger partial charge in [0.2, 0.25) is 0 Å². The number of aryl methyl sites for hydroxylation is 1. The molecule has 0 aliphatic heterocycles. The first kappa shape index (κ1) is 15.0. The first-order valence-electron chi connectivity index (χ1n) is 6.49. The molecule has 1 aromatic carbocycles. The van der Waals surface area contributed by atoms with Gasteiger partial charge in [0.15, 0.2) is 0 Å². The molecule has 3 nitrogen and oxygen atoms in total. The van der Waals surface area contributed by atoms with Gasteiger partial charge in [-0.3, -0.25) is 0 Å². The van der Waals surface area contributed by atoms with Gasteiger partial charge < -0.3 is 15.8 Å². The van der Waals surface area contributed by atoms with Crippen molar-refractivity contribution in [2.24, 2.45) is 5.73 Å². The Hall–Kier alpha value is -1.06. The van der Waals surface area contributed by atoms with Gasteiger partial charge in [-0.15, -0.1) is 0 Å². The quantitative estimate of drug-likeness (QED) is 0.844. The molecule has 0 saturated heterocycles. The summed E-state index contributed by atoms with van der Waals surface area (Å²) < 4.78 is 5.41. The molecular formula is C15H26N2O. The van der Waals surface area contributed by atoms with Crippen LogP contribution in [0.25, 0.3) is 0 Å². The fourth-order valence-electron chi connectivity index (χ4n) is 2.57. The third-order valence-electron chi connectivity index (χ3n) is 3.63.